The summed E-state index contributed by atoms with van der Waals surface area (Å²) in [5.41, 5.74) is 1.11. The van der Waals surface area contributed by atoms with Crippen LogP contribution in [0.4, 0.5) is 0 Å². The third-order valence-electron chi connectivity index (χ3n) is 4.45. The van der Waals surface area contributed by atoms with Crippen molar-refractivity contribution in [1.82, 2.24) is 15.6 Å². The molecule has 0 saturated heterocycles. The summed E-state index contributed by atoms with van der Waals surface area (Å²) in [6, 6.07) is 0.383. The first-order chi connectivity index (χ1) is 12.1. The van der Waals surface area contributed by atoms with Crippen LogP contribution in [0, 0.1) is 6.92 Å². The van der Waals surface area contributed by atoms with Gasteiger partial charge in [0.25, 0.3) is 0 Å². The molecule has 3 atom stereocenters. The highest BCUT2D eigenvalue weighted by atomic mass is 127. The lowest BCUT2D eigenvalue weighted by Crippen LogP contribution is -2.46. The second-order valence-electron chi connectivity index (χ2n) is 6.55. The van der Waals surface area contributed by atoms with Crippen molar-refractivity contribution in [2.75, 3.05) is 18.8 Å². The van der Waals surface area contributed by atoms with Gasteiger partial charge in [-0.05, 0) is 39.5 Å². The van der Waals surface area contributed by atoms with Crippen LogP contribution in [0.1, 0.15) is 56.7 Å². The summed E-state index contributed by atoms with van der Waals surface area (Å²) >= 11 is 1.73. The number of halogens is 1. The Morgan fingerprint density at radius 3 is 2.88 bits per heavy atom. The maximum absolute atomic E-state index is 12.1. The highest BCUT2D eigenvalue weighted by Gasteiger charge is 2.25. The maximum Gasteiger partial charge on any atom is 0.191 e. The minimum atomic E-state index is -0.685. The molecule has 1 saturated carbocycles. The number of thiazole rings is 1. The molecule has 2 rings (SSSR count). The van der Waals surface area contributed by atoms with Crippen LogP contribution in [0.25, 0.3) is 0 Å². The maximum atomic E-state index is 12.1. The van der Waals surface area contributed by atoms with Gasteiger partial charge in [-0.15, -0.1) is 35.3 Å². The van der Waals surface area contributed by atoms with Crippen LogP contribution in [0.5, 0.6) is 0 Å². The number of hydrogen-bond donors (Lipinski definition) is 2. The molecule has 150 valence electrons. The van der Waals surface area contributed by atoms with Crippen LogP contribution in [-0.2, 0) is 17.2 Å². The van der Waals surface area contributed by atoms with Crippen molar-refractivity contribution in [3.63, 3.8) is 0 Å². The normalized spacial score (nSPS) is 21.7. The molecule has 1 aromatic heterocycles. The van der Waals surface area contributed by atoms with Crippen LogP contribution in [0.2, 0.25) is 0 Å². The van der Waals surface area contributed by atoms with Gasteiger partial charge in [-0.2, -0.15) is 0 Å². The predicted molar refractivity (Wildman–Crippen MR) is 124 cm³/mol. The highest BCUT2D eigenvalue weighted by Crippen LogP contribution is 2.23. The Morgan fingerprint density at radius 2 is 2.23 bits per heavy atom. The molecule has 1 aliphatic carbocycles. The fourth-order valence-electron chi connectivity index (χ4n) is 3.20. The minimum absolute atomic E-state index is 0. The molecule has 0 spiro atoms. The second-order valence-corrected chi connectivity index (χ2v) is 9.49. The number of nitrogens with zero attached hydrogens (tertiary/aromatic N) is 2. The predicted octanol–water partition coefficient (Wildman–Crippen LogP) is 3.64. The van der Waals surface area contributed by atoms with E-state index in [1.54, 1.807) is 11.3 Å². The van der Waals surface area contributed by atoms with E-state index in [2.05, 4.69) is 27.9 Å². The van der Waals surface area contributed by atoms with Crippen LogP contribution >= 0.6 is 35.3 Å². The fourth-order valence-corrected chi connectivity index (χ4v) is 5.37. The molecule has 0 radical (unpaired) electrons. The lowest BCUT2D eigenvalue weighted by Gasteiger charge is -2.30. The summed E-state index contributed by atoms with van der Waals surface area (Å²) in [4.78, 5) is 9.22. The van der Waals surface area contributed by atoms with Crippen LogP contribution in [0.15, 0.2) is 10.4 Å². The van der Waals surface area contributed by atoms with Gasteiger partial charge in [0.2, 0.25) is 0 Å². The van der Waals surface area contributed by atoms with Crippen molar-refractivity contribution in [1.29, 1.82) is 0 Å². The van der Waals surface area contributed by atoms with E-state index in [1.807, 2.05) is 13.8 Å². The summed E-state index contributed by atoms with van der Waals surface area (Å²) < 4.78 is 12.1. The van der Waals surface area contributed by atoms with E-state index in [1.165, 1.54) is 5.01 Å². The van der Waals surface area contributed by atoms with Crippen molar-refractivity contribution >= 4 is 52.1 Å². The molecule has 8 heteroatoms. The Balaban J connectivity index is 0.00000338. The monoisotopic (exact) mass is 512 g/mol. The highest BCUT2D eigenvalue weighted by molar-refractivity contribution is 14.0. The molecule has 1 aromatic rings. The molecule has 5 nitrogen and oxygen atoms in total. The van der Waals surface area contributed by atoms with E-state index in [9.17, 15) is 4.21 Å². The van der Waals surface area contributed by atoms with Gasteiger partial charge < -0.3 is 10.6 Å². The SMILES string of the molecule is CCNC(=NCCCc1nc(C)cs1)NC1CCCC(S(=O)CC)C1.I. The average molecular weight is 513 g/mol. The molecule has 0 bridgehead atoms. The number of nitrogens with one attached hydrogen (secondary N) is 2. The van der Waals surface area contributed by atoms with E-state index in [0.717, 1.165) is 69.0 Å². The Hall–Kier alpha value is -0.220. The summed E-state index contributed by atoms with van der Waals surface area (Å²) in [5.74, 6) is 1.66. The molecule has 3 unspecified atom stereocenters. The lowest BCUT2D eigenvalue weighted by molar-refractivity contribution is 0.413. The molecule has 2 N–H and O–H groups in total. The minimum Gasteiger partial charge on any atom is -0.357 e. The van der Waals surface area contributed by atoms with E-state index in [-0.39, 0.29) is 24.0 Å². The molecule has 0 aliphatic heterocycles. The molecular formula is C18H33IN4OS2. The van der Waals surface area contributed by atoms with Crippen LogP contribution in [-0.4, -0.2) is 45.3 Å². The summed E-state index contributed by atoms with van der Waals surface area (Å²) in [6.45, 7) is 7.79. The van der Waals surface area contributed by atoms with Crippen molar-refractivity contribution in [3.05, 3.63) is 16.1 Å². The Labute approximate surface area is 181 Å². The summed E-state index contributed by atoms with van der Waals surface area (Å²) in [5, 5.41) is 10.5. The first kappa shape index (κ1) is 23.8. The standard InChI is InChI=1S/C18H32N4OS2.HI/c1-4-19-18(20-11-7-10-17-21-14(3)13-24-17)22-15-8-6-9-16(12-15)25(23)5-2;/h13,15-16H,4-12H2,1-3H3,(H2,19,20,22);1H. The smallest absolute Gasteiger partial charge is 0.191 e. The van der Waals surface area contributed by atoms with Crippen molar-refractivity contribution < 1.29 is 4.21 Å². The Morgan fingerprint density at radius 1 is 1.42 bits per heavy atom. The van der Waals surface area contributed by atoms with Gasteiger partial charge in [-0.3, -0.25) is 9.20 Å². The average Bonchev–Trinajstić information content (AvgIpc) is 3.03. The largest absolute Gasteiger partial charge is 0.357 e. The number of hydrogen-bond acceptors (Lipinski definition) is 4. The van der Waals surface area contributed by atoms with E-state index >= 15 is 0 Å². The number of rotatable bonds is 8. The zero-order valence-electron chi connectivity index (χ0n) is 16.1. The van der Waals surface area contributed by atoms with E-state index in [0.29, 0.717) is 11.3 Å². The van der Waals surface area contributed by atoms with E-state index in [4.69, 9.17) is 4.99 Å². The number of aryl methyl sites for hydroxylation is 2. The zero-order chi connectivity index (χ0) is 18.1. The van der Waals surface area contributed by atoms with Gasteiger partial charge in [0.1, 0.15) is 0 Å². The molecule has 1 aliphatic rings. The Bertz CT molecular complexity index is 579. The van der Waals surface area contributed by atoms with Gasteiger partial charge in [-0.25, -0.2) is 4.98 Å². The first-order valence-electron chi connectivity index (χ1n) is 9.45. The first-order valence-corrected chi connectivity index (χ1v) is 11.7. The number of aromatic nitrogens is 1. The molecule has 1 fully saturated rings. The van der Waals surface area contributed by atoms with Crippen molar-refractivity contribution in [2.45, 2.75) is 70.6 Å². The van der Waals surface area contributed by atoms with Gasteiger partial charge in [0, 0.05) is 58.4 Å². The van der Waals surface area contributed by atoms with E-state index < -0.39 is 10.8 Å². The van der Waals surface area contributed by atoms with Gasteiger partial charge in [0.05, 0.1) is 5.01 Å². The van der Waals surface area contributed by atoms with Crippen LogP contribution in [0.3, 0.4) is 0 Å². The summed E-state index contributed by atoms with van der Waals surface area (Å²) in [7, 11) is -0.685. The van der Waals surface area contributed by atoms with Gasteiger partial charge in [-0.1, -0.05) is 13.3 Å². The second kappa shape index (κ2) is 13.0. The molecular weight excluding hydrogens is 479 g/mol. The molecule has 0 amide bonds. The molecule has 0 aromatic carbocycles. The number of guanidine groups is 1. The topological polar surface area (TPSA) is 66.4 Å². The Kier molecular flexibility index (Phi) is 11.9. The van der Waals surface area contributed by atoms with Crippen molar-refractivity contribution in [2.24, 2.45) is 4.99 Å². The lowest BCUT2D eigenvalue weighted by atomic mass is 9.95. The van der Waals surface area contributed by atoms with Gasteiger partial charge >= 0.3 is 0 Å². The van der Waals surface area contributed by atoms with Crippen LogP contribution < -0.4 is 10.6 Å². The quantitative estimate of drug-likeness (QED) is 0.242. The third kappa shape index (κ3) is 8.21. The van der Waals surface area contributed by atoms with Crippen molar-refractivity contribution in [3.8, 4) is 0 Å². The fraction of sp³-hybridized carbons (Fsp3) is 0.778. The van der Waals surface area contributed by atoms with Gasteiger partial charge in [0.15, 0.2) is 5.96 Å². The third-order valence-corrected chi connectivity index (χ3v) is 7.22. The summed E-state index contributed by atoms with van der Waals surface area (Å²) in [6.07, 6.45) is 6.37. The zero-order valence-corrected chi connectivity index (χ0v) is 20.1. The molecule has 26 heavy (non-hydrogen) atoms. The molecule has 1 heterocycles. The number of aliphatic imine (C=N–C) groups is 1.